The molecule has 0 saturated heterocycles. The quantitative estimate of drug-likeness (QED) is 0.154. The minimum Gasteiger partial charge on any atom is -0.317 e. The second-order valence-electron chi connectivity index (χ2n) is 14.5. The molecule has 0 spiro atoms. The van der Waals surface area contributed by atoms with E-state index in [-0.39, 0.29) is 0 Å². The lowest BCUT2D eigenvalue weighted by Crippen LogP contribution is -2.09. The number of anilines is 3. The molecule has 0 atom stereocenters. The molecule has 7 nitrogen and oxygen atoms in total. The highest BCUT2D eigenvalue weighted by Gasteiger charge is 2.18. The van der Waals surface area contributed by atoms with Gasteiger partial charge in [0.15, 0.2) is 5.82 Å². The first-order valence-corrected chi connectivity index (χ1v) is 19.6. The molecule has 0 aliphatic carbocycles. The van der Waals surface area contributed by atoms with Crippen molar-refractivity contribution in [3.05, 3.63) is 213 Å². The van der Waals surface area contributed by atoms with E-state index in [1.165, 1.54) is 45.4 Å². The lowest BCUT2D eigenvalue weighted by atomic mass is 10.0. The van der Waals surface area contributed by atoms with E-state index in [1.807, 2.05) is 24.5 Å². The van der Waals surface area contributed by atoms with E-state index in [0.717, 1.165) is 56.3 Å². The molecule has 4 heterocycles. The molecule has 11 aromatic rings. The van der Waals surface area contributed by atoms with Gasteiger partial charge >= 0.3 is 0 Å². The van der Waals surface area contributed by atoms with E-state index in [4.69, 9.17) is 0 Å². The predicted octanol–water partition coefficient (Wildman–Crippen LogP) is 12.8. The molecule has 0 bridgehead atoms. The summed E-state index contributed by atoms with van der Waals surface area (Å²) in [6.45, 7) is 0. The molecule has 59 heavy (non-hydrogen) atoms. The number of hydrogen-bond donors (Lipinski definition) is 0. The Morgan fingerprint density at radius 3 is 1.58 bits per heavy atom. The minimum atomic E-state index is 0.641. The normalized spacial score (nSPS) is 11.4. The Hall–Kier alpha value is -8.16. The Morgan fingerprint density at radius 1 is 0.390 bits per heavy atom. The van der Waals surface area contributed by atoms with Crippen molar-refractivity contribution in [3.8, 4) is 45.0 Å². The Bertz CT molecular complexity index is 3130. The number of rotatable bonds is 8. The van der Waals surface area contributed by atoms with Crippen LogP contribution in [-0.4, -0.2) is 29.1 Å². The summed E-state index contributed by atoms with van der Waals surface area (Å²) in [4.78, 5) is 19.2. The van der Waals surface area contributed by atoms with Gasteiger partial charge in [0.05, 0.1) is 16.6 Å². The molecule has 0 radical (unpaired) electrons. The fraction of sp³-hybridized carbons (Fsp3) is 0. The van der Waals surface area contributed by atoms with Crippen molar-refractivity contribution >= 4 is 49.8 Å². The second kappa shape index (κ2) is 14.4. The minimum absolute atomic E-state index is 0.641. The van der Waals surface area contributed by atoms with Gasteiger partial charge in [-0.25, -0.2) is 15.0 Å². The lowest BCUT2D eigenvalue weighted by Gasteiger charge is -2.26. The van der Waals surface area contributed by atoms with Crippen molar-refractivity contribution in [1.29, 1.82) is 0 Å². The molecule has 0 unspecified atom stereocenters. The topological polar surface area (TPSA) is 64.7 Å². The number of pyridine rings is 1. The van der Waals surface area contributed by atoms with Crippen LogP contribution in [0.5, 0.6) is 0 Å². The van der Waals surface area contributed by atoms with Crippen molar-refractivity contribution in [1.82, 2.24) is 29.1 Å². The summed E-state index contributed by atoms with van der Waals surface area (Å²) in [5, 5.41) is 3.63. The van der Waals surface area contributed by atoms with Crippen LogP contribution in [0.25, 0.3) is 77.7 Å². The van der Waals surface area contributed by atoms with Gasteiger partial charge in [0.25, 0.3) is 0 Å². The smallest absolute Gasteiger partial charge is 0.162 e. The number of aromatic nitrogens is 6. The highest BCUT2D eigenvalue weighted by molar-refractivity contribution is 6.14. The first-order valence-electron chi connectivity index (χ1n) is 19.6. The number of fused-ring (bicyclic) bond motifs is 4. The molecular formula is C52H35N7. The molecular weight excluding hydrogens is 723 g/mol. The van der Waals surface area contributed by atoms with Gasteiger partial charge in [-0.15, -0.1) is 0 Å². The number of hydrogen-bond acceptors (Lipinski definition) is 5. The van der Waals surface area contributed by atoms with Gasteiger partial charge in [-0.05, 0) is 138 Å². The van der Waals surface area contributed by atoms with Gasteiger partial charge < -0.3 is 14.0 Å². The Kier molecular flexibility index (Phi) is 8.33. The van der Waals surface area contributed by atoms with Gasteiger partial charge in [-0.1, -0.05) is 66.7 Å². The van der Waals surface area contributed by atoms with Crippen molar-refractivity contribution in [2.45, 2.75) is 0 Å². The zero-order valence-electron chi connectivity index (χ0n) is 31.8. The maximum atomic E-state index is 4.35. The van der Waals surface area contributed by atoms with Crippen LogP contribution < -0.4 is 4.90 Å². The number of para-hydroxylation sites is 2. The van der Waals surface area contributed by atoms with E-state index in [9.17, 15) is 0 Å². The predicted molar refractivity (Wildman–Crippen MR) is 240 cm³/mol. The van der Waals surface area contributed by atoms with E-state index in [0.29, 0.717) is 5.82 Å². The molecule has 278 valence electrons. The van der Waals surface area contributed by atoms with Gasteiger partial charge in [0.2, 0.25) is 0 Å². The summed E-state index contributed by atoms with van der Waals surface area (Å²) in [7, 11) is 0. The molecule has 7 heteroatoms. The van der Waals surface area contributed by atoms with Crippen LogP contribution in [-0.2, 0) is 0 Å². The van der Waals surface area contributed by atoms with E-state index in [1.54, 1.807) is 0 Å². The van der Waals surface area contributed by atoms with Crippen LogP contribution in [0.4, 0.5) is 17.1 Å². The Morgan fingerprint density at radius 2 is 0.932 bits per heavy atom. The van der Waals surface area contributed by atoms with Gasteiger partial charge in [0.1, 0.15) is 12.7 Å². The van der Waals surface area contributed by atoms with Crippen LogP contribution in [0.15, 0.2) is 213 Å². The summed E-state index contributed by atoms with van der Waals surface area (Å²) in [5.41, 5.74) is 14.4. The third-order valence-electron chi connectivity index (χ3n) is 11.1. The Labute approximate surface area is 340 Å². The zero-order chi connectivity index (χ0) is 39.1. The van der Waals surface area contributed by atoms with Gasteiger partial charge in [-0.3, -0.25) is 4.98 Å². The molecule has 11 rings (SSSR count). The van der Waals surface area contributed by atoms with Gasteiger partial charge in [0, 0.05) is 68.7 Å². The van der Waals surface area contributed by atoms with E-state index in [2.05, 4.69) is 210 Å². The monoisotopic (exact) mass is 757 g/mol. The standard InChI is InChI=1S/C52H35N7/c1-3-7-42(8-4-1)57-30-27-41-32-51-48(33-50(41)57)47-31-40(17-24-49(47)59(51)43-9-5-2-6-10-43)37-13-20-45(21-14-37)58(44-18-11-36(12-19-44)38-25-28-53-29-26-38)46-22-15-39(16-23-46)52-55-34-54-35-56-52/h1-35H. The van der Waals surface area contributed by atoms with Crippen LogP contribution in [0, 0.1) is 0 Å². The van der Waals surface area contributed by atoms with Crippen LogP contribution in [0.1, 0.15) is 0 Å². The van der Waals surface area contributed by atoms with Crippen LogP contribution in [0.2, 0.25) is 0 Å². The molecule has 0 N–H and O–H groups in total. The fourth-order valence-corrected chi connectivity index (χ4v) is 8.24. The van der Waals surface area contributed by atoms with Gasteiger partial charge in [-0.2, -0.15) is 0 Å². The zero-order valence-corrected chi connectivity index (χ0v) is 31.8. The largest absolute Gasteiger partial charge is 0.317 e. The third kappa shape index (κ3) is 6.18. The van der Waals surface area contributed by atoms with Crippen molar-refractivity contribution < 1.29 is 0 Å². The summed E-state index contributed by atoms with van der Waals surface area (Å²) in [5.74, 6) is 0.641. The molecule has 0 amide bonds. The SMILES string of the molecule is c1ccc(-n2ccc3cc4c(cc32)c2cc(-c3ccc(N(c5ccc(-c6ccncc6)cc5)c5ccc(-c6ncncn6)cc5)cc3)ccc2n4-c2ccccc2)cc1. The molecule has 0 saturated carbocycles. The molecule has 7 aromatic carbocycles. The summed E-state index contributed by atoms with van der Waals surface area (Å²) >= 11 is 0. The van der Waals surface area contributed by atoms with Crippen molar-refractivity contribution in [3.63, 3.8) is 0 Å². The highest BCUT2D eigenvalue weighted by atomic mass is 15.1. The molecule has 4 aromatic heterocycles. The number of benzene rings is 7. The first-order chi connectivity index (χ1) is 29.2. The molecule has 0 fully saturated rings. The highest BCUT2D eigenvalue weighted by Crippen LogP contribution is 2.40. The summed E-state index contributed by atoms with van der Waals surface area (Å²) in [6.07, 6.45) is 8.87. The lowest BCUT2D eigenvalue weighted by molar-refractivity contribution is 1.06. The first kappa shape index (κ1) is 34.1. The third-order valence-corrected chi connectivity index (χ3v) is 11.1. The van der Waals surface area contributed by atoms with Crippen LogP contribution in [0.3, 0.4) is 0 Å². The average molecular weight is 758 g/mol. The van der Waals surface area contributed by atoms with Crippen molar-refractivity contribution in [2.75, 3.05) is 4.90 Å². The van der Waals surface area contributed by atoms with E-state index >= 15 is 0 Å². The second-order valence-corrected chi connectivity index (χ2v) is 14.5. The average Bonchev–Trinajstić information content (AvgIpc) is 3.88. The summed E-state index contributed by atoms with van der Waals surface area (Å²) in [6, 6.07) is 64.9. The molecule has 0 aliphatic rings. The summed E-state index contributed by atoms with van der Waals surface area (Å²) < 4.78 is 4.67. The Balaban J connectivity index is 1.01. The molecule has 0 aliphatic heterocycles. The van der Waals surface area contributed by atoms with Crippen molar-refractivity contribution in [2.24, 2.45) is 0 Å². The fourth-order valence-electron chi connectivity index (χ4n) is 8.24. The van der Waals surface area contributed by atoms with E-state index < -0.39 is 0 Å². The van der Waals surface area contributed by atoms with Crippen LogP contribution >= 0.6 is 0 Å². The number of nitrogens with zero attached hydrogens (tertiary/aromatic N) is 7. The maximum absolute atomic E-state index is 4.35. The maximum Gasteiger partial charge on any atom is 0.162 e.